The molecule has 246 valence electrons. The third kappa shape index (κ3) is 12.0. The minimum absolute atomic E-state index is 0.00492. The summed E-state index contributed by atoms with van der Waals surface area (Å²) in [5.41, 5.74) is 6.91. The van der Waals surface area contributed by atoms with E-state index in [0.29, 0.717) is 18.9 Å². The summed E-state index contributed by atoms with van der Waals surface area (Å²) in [6.45, 7) is 13.8. The number of nitrogens with two attached hydrogens (primary N) is 1. The maximum atomic E-state index is 13.2. The van der Waals surface area contributed by atoms with Gasteiger partial charge >= 0.3 is 0 Å². The third-order valence-corrected chi connectivity index (χ3v) is 7.79. The van der Waals surface area contributed by atoms with Gasteiger partial charge in [-0.05, 0) is 75.1 Å². The van der Waals surface area contributed by atoms with Gasteiger partial charge in [-0.1, -0.05) is 58.1 Å². The second-order valence-electron chi connectivity index (χ2n) is 10.7. The number of piperazine rings is 1. The standard InChI is InChI=1S/C22H32N4O3.C6H6F2.C5H5N.C2H6/c1-4-16-11-18(20(23)28)12-17(16)7-10-24-19(27)14-26-15(2)13-25(3)22(21(26)29)8-5-6-9-22;1-2-3-6(8)4-5-7;1-2-4-6-5-3-1;1-2/h4,7,10,15,18H,1,5-6,8-9,11-14H2,2-3H3,(H2,23,28)(H,24,27);2-5H,1H2;1-5H;1-2H3/b10-7+;5-4+,6-3+;;/t15-,18+;;;/m0.../s1. The van der Waals surface area contributed by atoms with Crippen LogP contribution in [0.4, 0.5) is 8.78 Å². The fourth-order valence-corrected chi connectivity index (χ4v) is 5.52. The van der Waals surface area contributed by atoms with E-state index in [9.17, 15) is 23.2 Å². The average molecular weight is 626 g/mol. The van der Waals surface area contributed by atoms with Gasteiger partial charge in [-0.3, -0.25) is 24.3 Å². The third-order valence-electron chi connectivity index (χ3n) is 7.79. The van der Waals surface area contributed by atoms with Crippen LogP contribution in [0.3, 0.4) is 0 Å². The van der Waals surface area contributed by atoms with Crippen molar-refractivity contribution >= 4 is 17.7 Å². The molecule has 1 saturated heterocycles. The van der Waals surface area contributed by atoms with Gasteiger partial charge in [0.15, 0.2) is 0 Å². The van der Waals surface area contributed by atoms with Gasteiger partial charge in [-0.2, -0.15) is 0 Å². The van der Waals surface area contributed by atoms with Crippen LogP contribution in [-0.2, 0) is 14.4 Å². The van der Waals surface area contributed by atoms with E-state index < -0.39 is 11.4 Å². The first-order valence-corrected chi connectivity index (χ1v) is 15.3. The number of nitrogens with one attached hydrogen (secondary N) is 1. The zero-order chi connectivity index (χ0) is 33.8. The van der Waals surface area contributed by atoms with Crippen molar-refractivity contribution in [1.82, 2.24) is 20.1 Å². The van der Waals surface area contributed by atoms with Crippen molar-refractivity contribution in [2.24, 2.45) is 11.7 Å². The van der Waals surface area contributed by atoms with E-state index in [-0.39, 0.29) is 42.6 Å². The Balaban J connectivity index is 0.000000518. The number of amides is 3. The Kier molecular flexibility index (Phi) is 17.9. The van der Waals surface area contributed by atoms with Gasteiger partial charge in [0.05, 0.1) is 6.33 Å². The van der Waals surface area contributed by atoms with Crippen molar-refractivity contribution in [2.45, 2.75) is 70.9 Å². The van der Waals surface area contributed by atoms with Crippen LogP contribution >= 0.6 is 0 Å². The molecule has 1 aliphatic heterocycles. The summed E-state index contributed by atoms with van der Waals surface area (Å²) in [6, 6.07) is 5.71. The molecule has 1 aromatic heterocycles. The zero-order valence-electron chi connectivity index (χ0n) is 27.1. The maximum Gasteiger partial charge on any atom is 0.243 e. The highest BCUT2D eigenvalue weighted by Crippen LogP contribution is 2.39. The van der Waals surface area contributed by atoms with Gasteiger partial charge < -0.3 is 16.0 Å². The van der Waals surface area contributed by atoms with E-state index in [1.165, 1.54) is 6.08 Å². The van der Waals surface area contributed by atoms with E-state index in [4.69, 9.17) is 5.73 Å². The first kappa shape index (κ1) is 38.8. The molecule has 8 nitrogen and oxygen atoms in total. The molecule has 3 N–H and O–H groups in total. The Bertz CT molecular complexity index is 1210. The van der Waals surface area contributed by atoms with E-state index in [0.717, 1.165) is 49.5 Å². The van der Waals surface area contributed by atoms with Crippen molar-refractivity contribution in [3.8, 4) is 0 Å². The summed E-state index contributed by atoms with van der Waals surface area (Å²) in [6.07, 6.45) is 16.8. The molecule has 2 atom stereocenters. The number of pyridine rings is 1. The summed E-state index contributed by atoms with van der Waals surface area (Å²) in [7, 11) is 2.02. The number of carbonyl (C=O) groups is 3. The van der Waals surface area contributed by atoms with Crippen LogP contribution in [0.1, 0.15) is 59.3 Å². The molecule has 0 radical (unpaired) electrons. The molecule has 0 unspecified atom stereocenters. The molecular weight excluding hydrogens is 576 g/mol. The predicted octanol–water partition coefficient (Wildman–Crippen LogP) is 6.09. The van der Waals surface area contributed by atoms with Crippen molar-refractivity contribution < 1.29 is 23.2 Å². The minimum atomic E-state index is -0.637. The van der Waals surface area contributed by atoms with Crippen molar-refractivity contribution in [2.75, 3.05) is 20.1 Å². The van der Waals surface area contributed by atoms with Crippen LogP contribution in [0.5, 0.6) is 0 Å². The number of hydrogen-bond acceptors (Lipinski definition) is 5. The fraction of sp³-hybridized carbons (Fsp3) is 0.429. The van der Waals surface area contributed by atoms with E-state index in [1.54, 1.807) is 35.6 Å². The molecule has 2 heterocycles. The van der Waals surface area contributed by atoms with Gasteiger partial charge in [0, 0.05) is 43.2 Å². The van der Waals surface area contributed by atoms with Crippen LogP contribution in [0.25, 0.3) is 0 Å². The van der Waals surface area contributed by atoms with Gasteiger partial charge in [0.1, 0.15) is 17.9 Å². The molecule has 45 heavy (non-hydrogen) atoms. The average Bonchev–Trinajstić information content (AvgIpc) is 3.70. The molecule has 4 rings (SSSR count). The summed E-state index contributed by atoms with van der Waals surface area (Å²) in [5.74, 6) is -1.32. The van der Waals surface area contributed by atoms with Gasteiger partial charge in [0.25, 0.3) is 0 Å². The first-order valence-electron chi connectivity index (χ1n) is 15.3. The van der Waals surface area contributed by atoms with Gasteiger partial charge in [0.2, 0.25) is 17.7 Å². The second-order valence-corrected chi connectivity index (χ2v) is 10.7. The van der Waals surface area contributed by atoms with Crippen LogP contribution in [-0.4, -0.2) is 64.2 Å². The van der Waals surface area contributed by atoms with Crippen LogP contribution in [0.15, 0.2) is 104 Å². The minimum Gasteiger partial charge on any atom is -0.369 e. The van der Waals surface area contributed by atoms with Crippen molar-refractivity contribution in [3.63, 3.8) is 0 Å². The molecule has 2 fully saturated rings. The summed E-state index contributed by atoms with van der Waals surface area (Å²) >= 11 is 0. The quantitative estimate of drug-likeness (QED) is 0.340. The topological polar surface area (TPSA) is 109 Å². The SMILES string of the molecule is C=C/C=C(F)\C=C\F.C=CC1=C(/C=C/NC(=O)CN2C(=O)C3(CCCC3)N(C)C[C@@H]2C)C[C@H](C(N)=O)C1.CC.c1ccncc1. The van der Waals surface area contributed by atoms with Crippen molar-refractivity contribution in [1.29, 1.82) is 0 Å². The van der Waals surface area contributed by atoms with E-state index in [2.05, 4.69) is 28.4 Å². The number of hydrogen-bond donors (Lipinski definition) is 2. The number of nitrogens with zero attached hydrogens (tertiary/aromatic N) is 3. The highest BCUT2D eigenvalue weighted by molar-refractivity contribution is 5.91. The Labute approximate surface area is 267 Å². The highest BCUT2D eigenvalue weighted by Gasteiger charge is 2.51. The summed E-state index contributed by atoms with van der Waals surface area (Å²) < 4.78 is 22.9. The molecular formula is C35H49F2N5O3. The molecule has 0 bridgehead atoms. The number of halogens is 2. The lowest BCUT2D eigenvalue weighted by atomic mass is 9.89. The molecule has 3 amide bonds. The van der Waals surface area contributed by atoms with Crippen LogP contribution in [0.2, 0.25) is 0 Å². The normalized spacial score (nSPS) is 21.0. The van der Waals surface area contributed by atoms with E-state index >= 15 is 0 Å². The van der Waals surface area contributed by atoms with Gasteiger partial charge in [-0.15, -0.1) is 0 Å². The second kappa shape index (κ2) is 20.7. The fourth-order valence-electron chi connectivity index (χ4n) is 5.52. The number of carbonyl (C=O) groups excluding carboxylic acids is 3. The Morgan fingerprint density at radius 1 is 1.13 bits per heavy atom. The lowest BCUT2D eigenvalue weighted by Gasteiger charge is -2.49. The number of likely N-dealkylation sites (N-methyl/N-ethyl adjacent to an activating group) is 1. The lowest BCUT2D eigenvalue weighted by molar-refractivity contribution is -0.156. The Morgan fingerprint density at radius 2 is 1.76 bits per heavy atom. The zero-order valence-corrected chi connectivity index (χ0v) is 27.1. The van der Waals surface area contributed by atoms with Gasteiger partial charge in [-0.25, -0.2) is 8.78 Å². The smallest absolute Gasteiger partial charge is 0.243 e. The number of aromatic nitrogens is 1. The number of rotatable bonds is 8. The Hall–Kier alpha value is -4.18. The van der Waals surface area contributed by atoms with Crippen molar-refractivity contribution in [3.05, 3.63) is 104 Å². The first-order chi connectivity index (χ1) is 21.6. The summed E-state index contributed by atoms with van der Waals surface area (Å²) in [4.78, 5) is 44.8. The molecule has 1 aromatic rings. The van der Waals surface area contributed by atoms with E-state index in [1.807, 2.05) is 46.0 Å². The molecule has 1 spiro atoms. The molecule has 10 heteroatoms. The molecule has 1 saturated carbocycles. The number of primary amides is 1. The molecule has 0 aromatic carbocycles. The maximum absolute atomic E-state index is 13.2. The largest absolute Gasteiger partial charge is 0.369 e. The lowest BCUT2D eigenvalue weighted by Crippen LogP contribution is -2.67. The predicted molar refractivity (Wildman–Crippen MR) is 177 cm³/mol. The Morgan fingerprint density at radius 3 is 2.24 bits per heavy atom. The monoisotopic (exact) mass is 625 g/mol. The molecule has 3 aliphatic rings. The number of allylic oxidation sites excluding steroid dienone is 8. The highest BCUT2D eigenvalue weighted by atomic mass is 19.1. The van der Waals surface area contributed by atoms with Crippen LogP contribution in [0, 0.1) is 5.92 Å². The summed E-state index contributed by atoms with van der Waals surface area (Å²) in [5, 5.41) is 2.77. The van der Waals surface area contributed by atoms with Crippen LogP contribution < -0.4 is 11.1 Å². The molecule has 2 aliphatic carbocycles.